The van der Waals surface area contributed by atoms with E-state index < -0.39 is 0 Å². The van der Waals surface area contributed by atoms with Gasteiger partial charge in [0.15, 0.2) is 5.96 Å². The summed E-state index contributed by atoms with van der Waals surface area (Å²) in [5, 5.41) is 7.90. The van der Waals surface area contributed by atoms with Crippen molar-refractivity contribution in [1.29, 1.82) is 0 Å². The Bertz CT molecular complexity index is 900. The second-order valence-electron chi connectivity index (χ2n) is 6.14. The number of H-pyrrole nitrogens is 1. The maximum Gasteiger partial charge on any atom is 0.213 e. The fraction of sp³-hybridized carbons (Fsp3) is 0.300. The molecule has 0 aliphatic carbocycles. The number of aryl methyl sites for hydroxylation is 1. The van der Waals surface area contributed by atoms with Gasteiger partial charge in [0.2, 0.25) is 5.88 Å². The molecule has 0 atom stereocenters. The molecule has 0 spiro atoms. The first-order valence-electron chi connectivity index (χ1n) is 8.70. The second-order valence-corrected chi connectivity index (χ2v) is 6.14. The average Bonchev–Trinajstić information content (AvgIpc) is 3.06. The van der Waals surface area contributed by atoms with Crippen LogP contribution in [0.15, 0.2) is 47.6 Å². The van der Waals surface area contributed by atoms with Crippen molar-refractivity contribution in [3.05, 3.63) is 59.4 Å². The van der Waals surface area contributed by atoms with Crippen molar-refractivity contribution in [1.82, 2.24) is 20.6 Å². The topological polar surface area (TPSA) is 74.3 Å². The number of aliphatic imine (C=N–C) groups is 1. The van der Waals surface area contributed by atoms with Gasteiger partial charge in [-0.05, 0) is 36.6 Å². The lowest BCUT2D eigenvalue weighted by molar-refractivity contribution is 0.396. The molecule has 3 aromatic rings. The molecule has 0 radical (unpaired) electrons. The molecular weight excluding hydrogens is 326 g/mol. The monoisotopic (exact) mass is 351 g/mol. The van der Waals surface area contributed by atoms with Crippen molar-refractivity contribution in [3.63, 3.8) is 0 Å². The van der Waals surface area contributed by atoms with Crippen LogP contribution in [0.5, 0.6) is 5.88 Å². The summed E-state index contributed by atoms with van der Waals surface area (Å²) in [5.41, 5.74) is 4.66. The fourth-order valence-electron chi connectivity index (χ4n) is 2.89. The molecule has 136 valence electrons. The van der Waals surface area contributed by atoms with Crippen molar-refractivity contribution < 1.29 is 4.74 Å². The second kappa shape index (κ2) is 8.38. The molecule has 0 saturated carbocycles. The molecule has 0 aliphatic heterocycles. The number of benzene rings is 1. The maximum absolute atomic E-state index is 5.15. The highest BCUT2D eigenvalue weighted by Crippen LogP contribution is 2.19. The number of fused-ring (bicyclic) bond motifs is 1. The molecule has 0 saturated heterocycles. The molecule has 0 fully saturated rings. The number of methoxy groups -OCH3 is 1. The Labute approximate surface area is 153 Å². The molecule has 1 aromatic carbocycles. The highest BCUT2D eigenvalue weighted by atomic mass is 16.5. The van der Waals surface area contributed by atoms with E-state index in [1.165, 1.54) is 22.0 Å². The summed E-state index contributed by atoms with van der Waals surface area (Å²) < 4.78 is 5.15. The molecule has 2 heterocycles. The van der Waals surface area contributed by atoms with Crippen molar-refractivity contribution in [2.45, 2.75) is 19.9 Å². The van der Waals surface area contributed by atoms with Gasteiger partial charge >= 0.3 is 0 Å². The molecule has 2 aromatic heterocycles. The first-order chi connectivity index (χ1) is 12.7. The predicted molar refractivity (Wildman–Crippen MR) is 106 cm³/mol. The van der Waals surface area contributed by atoms with Crippen LogP contribution in [0, 0.1) is 6.92 Å². The van der Waals surface area contributed by atoms with Gasteiger partial charge in [0.25, 0.3) is 0 Å². The molecule has 3 N–H and O–H groups in total. The third-order valence-corrected chi connectivity index (χ3v) is 4.26. The standard InChI is InChI=1S/C20H25N5O/c1-14-7-8-17-15(12-23-18(17)11-14)9-10-22-20(21-2)24-13-16-5-4-6-19(25-16)26-3/h4-8,11-12,23H,9-10,13H2,1-3H3,(H2,21,22,24). The summed E-state index contributed by atoms with van der Waals surface area (Å²) in [5.74, 6) is 1.37. The van der Waals surface area contributed by atoms with Crippen LogP contribution in [0.1, 0.15) is 16.8 Å². The first-order valence-corrected chi connectivity index (χ1v) is 8.70. The van der Waals surface area contributed by atoms with Crippen LogP contribution in [0.3, 0.4) is 0 Å². The molecule has 0 bridgehead atoms. The zero-order chi connectivity index (χ0) is 18.4. The predicted octanol–water partition coefficient (Wildman–Crippen LogP) is 2.79. The van der Waals surface area contributed by atoms with Gasteiger partial charge in [-0.2, -0.15) is 0 Å². The number of nitrogens with zero attached hydrogens (tertiary/aromatic N) is 2. The lowest BCUT2D eigenvalue weighted by Gasteiger charge is -2.12. The SMILES string of the molecule is CN=C(NCCc1c[nH]c2cc(C)ccc12)NCc1cccc(OC)n1. The summed E-state index contributed by atoms with van der Waals surface area (Å²) >= 11 is 0. The van der Waals surface area contributed by atoms with Crippen molar-refractivity contribution in [2.75, 3.05) is 20.7 Å². The molecule has 26 heavy (non-hydrogen) atoms. The summed E-state index contributed by atoms with van der Waals surface area (Å²) in [6.45, 7) is 3.49. The largest absolute Gasteiger partial charge is 0.481 e. The minimum atomic E-state index is 0.587. The van der Waals surface area contributed by atoms with Gasteiger partial charge < -0.3 is 20.4 Å². The summed E-state index contributed by atoms with van der Waals surface area (Å²) in [7, 11) is 3.38. The van der Waals surface area contributed by atoms with Crippen LogP contribution in [-0.2, 0) is 13.0 Å². The van der Waals surface area contributed by atoms with Crippen LogP contribution in [0.25, 0.3) is 10.9 Å². The summed E-state index contributed by atoms with van der Waals surface area (Å²) in [6, 6.07) is 12.2. The molecule has 6 nitrogen and oxygen atoms in total. The number of pyridine rings is 1. The average molecular weight is 351 g/mol. The molecule has 0 unspecified atom stereocenters. The van der Waals surface area contributed by atoms with Gasteiger partial charge in [0.1, 0.15) is 0 Å². The number of nitrogens with one attached hydrogen (secondary N) is 3. The van der Waals surface area contributed by atoms with Crippen LogP contribution in [0.2, 0.25) is 0 Å². The van der Waals surface area contributed by atoms with Gasteiger partial charge in [-0.15, -0.1) is 0 Å². The molecule has 0 aliphatic rings. The zero-order valence-corrected chi connectivity index (χ0v) is 15.5. The van der Waals surface area contributed by atoms with Gasteiger partial charge in [0.05, 0.1) is 19.3 Å². The van der Waals surface area contributed by atoms with Gasteiger partial charge in [-0.1, -0.05) is 18.2 Å². The van der Waals surface area contributed by atoms with E-state index in [4.69, 9.17) is 4.74 Å². The molecule has 3 rings (SSSR count). The summed E-state index contributed by atoms with van der Waals surface area (Å²) in [6.07, 6.45) is 3.00. The van der Waals surface area contributed by atoms with E-state index in [1.54, 1.807) is 14.2 Å². The van der Waals surface area contributed by atoms with Gasteiger partial charge in [-0.3, -0.25) is 4.99 Å². The fourth-order valence-corrected chi connectivity index (χ4v) is 2.89. The highest BCUT2D eigenvalue weighted by molar-refractivity contribution is 5.84. The lowest BCUT2D eigenvalue weighted by Crippen LogP contribution is -2.38. The van der Waals surface area contributed by atoms with E-state index in [-0.39, 0.29) is 0 Å². The highest BCUT2D eigenvalue weighted by Gasteiger charge is 2.05. The van der Waals surface area contributed by atoms with Crippen molar-refractivity contribution >= 4 is 16.9 Å². The minimum Gasteiger partial charge on any atom is -0.481 e. The zero-order valence-electron chi connectivity index (χ0n) is 15.5. The minimum absolute atomic E-state index is 0.587. The van der Waals surface area contributed by atoms with E-state index in [0.29, 0.717) is 12.4 Å². The molecular formula is C20H25N5O. The number of ether oxygens (including phenoxy) is 1. The van der Waals surface area contributed by atoms with Crippen LogP contribution < -0.4 is 15.4 Å². The molecule has 0 amide bonds. The molecule has 6 heteroatoms. The quantitative estimate of drug-likeness (QED) is 0.472. The normalized spacial score (nSPS) is 11.6. The number of aromatic nitrogens is 2. The maximum atomic E-state index is 5.15. The van der Waals surface area contributed by atoms with E-state index >= 15 is 0 Å². The van der Waals surface area contributed by atoms with Crippen molar-refractivity contribution in [2.24, 2.45) is 4.99 Å². The Balaban J connectivity index is 1.52. The Kier molecular flexibility index (Phi) is 5.73. The van der Waals surface area contributed by atoms with Crippen LogP contribution in [0.4, 0.5) is 0 Å². The Morgan fingerprint density at radius 2 is 2.12 bits per heavy atom. The van der Waals surface area contributed by atoms with Crippen molar-refractivity contribution in [3.8, 4) is 5.88 Å². The van der Waals surface area contributed by atoms with Gasteiger partial charge in [0, 0.05) is 36.8 Å². The Hall–Kier alpha value is -3.02. The summed E-state index contributed by atoms with van der Waals surface area (Å²) in [4.78, 5) is 12.0. The Morgan fingerprint density at radius 1 is 1.23 bits per heavy atom. The smallest absolute Gasteiger partial charge is 0.213 e. The number of hydrogen-bond acceptors (Lipinski definition) is 3. The van der Waals surface area contributed by atoms with Crippen LogP contribution in [-0.4, -0.2) is 36.6 Å². The third kappa shape index (κ3) is 4.33. The first kappa shape index (κ1) is 17.8. The van der Waals surface area contributed by atoms with Crippen LogP contribution >= 0.6 is 0 Å². The lowest BCUT2D eigenvalue weighted by atomic mass is 10.1. The number of hydrogen-bond donors (Lipinski definition) is 3. The number of rotatable bonds is 6. The Morgan fingerprint density at radius 3 is 2.92 bits per heavy atom. The number of guanidine groups is 1. The third-order valence-electron chi connectivity index (χ3n) is 4.26. The number of aromatic amines is 1. The van der Waals surface area contributed by atoms with Gasteiger partial charge in [-0.25, -0.2) is 4.98 Å². The van der Waals surface area contributed by atoms with E-state index in [1.807, 2.05) is 18.2 Å². The van der Waals surface area contributed by atoms with E-state index in [0.717, 1.165) is 24.6 Å². The van der Waals surface area contributed by atoms with E-state index in [9.17, 15) is 0 Å². The van der Waals surface area contributed by atoms with E-state index in [2.05, 4.69) is 56.9 Å².